The summed E-state index contributed by atoms with van der Waals surface area (Å²) in [6.07, 6.45) is 10.0. The van der Waals surface area contributed by atoms with Crippen LogP contribution in [0.25, 0.3) is 17.0 Å². The zero-order chi connectivity index (χ0) is 20.5. The lowest BCUT2D eigenvalue weighted by molar-refractivity contribution is 0.912. The summed E-state index contributed by atoms with van der Waals surface area (Å²) in [7, 11) is 3.90. The SMILES string of the molecule is CC.CC.CNc1cccc(Cc2nccn3c(-c4cncn4C)cnc23)c1.P. The minimum absolute atomic E-state index is 0. The molecule has 3 heterocycles. The van der Waals surface area contributed by atoms with E-state index in [2.05, 4.69) is 36.8 Å². The Morgan fingerprint density at radius 1 is 1.00 bits per heavy atom. The summed E-state index contributed by atoms with van der Waals surface area (Å²) in [6, 6.07) is 8.34. The normalized spacial score (nSPS) is 9.59. The Balaban J connectivity index is 0.000000794. The molecule has 1 N–H and O–H groups in total. The van der Waals surface area contributed by atoms with Gasteiger partial charge in [-0.15, -0.1) is 0 Å². The van der Waals surface area contributed by atoms with E-state index in [9.17, 15) is 0 Å². The standard InChI is InChI=1S/C18H18N6.2C2H6.H3P/c1-19-14-5-3-4-13(8-14)9-15-18-22-11-17(24(18)7-6-21-15)16-10-20-12-23(16)2;2*1-2;/h3-8,10-12,19H,9H2,1-2H3;2*1-2H3;1H3. The number of nitrogens with zero attached hydrogens (tertiary/aromatic N) is 5. The lowest BCUT2D eigenvalue weighted by Gasteiger charge is -2.07. The van der Waals surface area contributed by atoms with E-state index >= 15 is 0 Å². The smallest absolute Gasteiger partial charge is 0.159 e. The number of rotatable bonds is 4. The number of imidazole rings is 2. The first kappa shape index (κ1) is 24.3. The molecule has 0 aliphatic rings. The van der Waals surface area contributed by atoms with E-state index in [1.807, 2.05) is 83.3 Å². The van der Waals surface area contributed by atoms with Crippen LogP contribution in [0.2, 0.25) is 0 Å². The molecule has 0 radical (unpaired) electrons. The van der Waals surface area contributed by atoms with Crippen molar-refractivity contribution in [1.82, 2.24) is 23.9 Å². The van der Waals surface area contributed by atoms with Crippen LogP contribution in [-0.4, -0.2) is 31.0 Å². The Morgan fingerprint density at radius 3 is 2.41 bits per heavy atom. The van der Waals surface area contributed by atoms with Gasteiger partial charge in [0.05, 0.1) is 35.8 Å². The second-order valence-electron chi connectivity index (χ2n) is 5.73. The summed E-state index contributed by atoms with van der Waals surface area (Å²) in [4.78, 5) is 13.3. The number of aromatic nitrogens is 5. The molecule has 6 nitrogen and oxygen atoms in total. The topological polar surface area (TPSA) is 60.0 Å². The Kier molecular flexibility index (Phi) is 10.0. The van der Waals surface area contributed by atoms with E-state index in [1.54, 1.807) is 6.33 Å². The van der Waals surface area contributed by atoms with Crippen LogP contribution < -0.4 is 5.32 Å². The summed E-state index contributed by atoms with van der Waals surface area (Å²) in [6.45, 7) is 8.00. The fourth-order valence-electron chi connectivity index (χ4n) is 2.92. The molecule has 3 aromatic heterocycles. The molecular weight excluding hydrogens is 379 g/mol. The molecular formula is C22H33N6P. The van der Waals surface area contributed by atoms with Gasteiger partial charge >= 0.3 is 0 Å². The Labute approximate surface area is 177 Å². The summed E-state index contributed by atoms with van der Waals surface area (Å²) in [5, 5.41) is 3.17. The number of nitrogens with one attached hydrogen (secondary N) is 1. The number of benzene rings is 1. The van der Waals surface area contributed by atoms with Crippen molar-refractivity contribution in [1.29, 1.82) is 0 Å². The van der Waals surface area contributed by atoms with Gasteiger partial charge in [0.2, 0.25) is 0 Å². The van der Waals surface area contributed by atoms with Gasteiger partial charge < -0.3 is 9.88 Å². The summed E-state index contributed by atoms with van der Waals surface area (Å²) in [5.41, 5.74) is 6.17. The van der Waals surface area contributed by atoms with Crippen LogP contribution in [-0.2, 0) is 13.5 Å². The number of hydrogen-bond donors (Lipinski definition) is 1. The molecule has 1 atom stereocenters. The molecule has 0 saturated carbocycles. The molecule has 0 amide bonds. The molecule has 0 saturated heterocycles. The molecule has 4 rings (SSSR count). The van der Waals surface area contributed by atoms with E-state index in [-0.39, 0.29) is 9.90 Å². The molecule has 1 unspecified atom stereocenters. The predicted octanol–water partition coefficient (Wildman–Crippen LogP) is 4.87. The molecule has 0 aliphatic heterocycles. The van der Waals surface area contributed by atoms with Gasteiger partial charge in [0.15, 0.2) is 5.65 Å². The first-order chi connectivity index (χ1) is 13.8. The Bertz CT molecular complexity index is 1010. The first-order valence-corrected chi connectivity index (χ1v) is 9.80. The zero-order valence-electron chi connectivity index (χ0n) is 18.3. The Hall–Kier alpha value is -2.72. The lowest BCUT2D eigenvalue weighted by Crippen LogP contribution is -2.00. The monoisotopic (exact) mass is 412 g/mol. The van der Waals surface area contributed by atoms with Gasteiger partial charge in [-0.2, -0.15) is 9.90 Å². The van der Waals surface area contributed by atoms with E-state index < -0.39 is 0 Å². The average Bonchev–Trinajstić information content (AvgIpc) is 3.37. The third-order valence-corrected chi connectivity index (χ3v) is 4.17. The summed E-state index contributed by atoms with van der Waals surface area (Å²) < 4.78 is 4.06. The largest absolute Gasteiger partial charge is 0.388 e. The number of anilines is 1. The van der Waals surface area contributed by atoms with Crippen molar-refractivity contribution >= 4 is 21.2 Å². The molecule has 29 heavy (non-hydrogen) atoms. The second kappa shape index (κ2) is 12.0. The zero-order valence-corrected chi connectivity index (χ0v) is 19.8. The predicted molar refractivity (Wildman–Crippen MR) is 128 cm³/mol. The van der Waals surface area contributed by atoms with E-state index in [0.29, 0.717) is 0 Å². The van der Waals surface area contributed by atoms with Crippen LogP contribution in [0.5, 0.6) is 0 Å². The van der Waals surface area contributed by atoms with E-state index in [0.717, 1.165) is 34.8 Å². The first-order valence-electron chi connectivity index (χ1n) is 9.80. The van der Waals surface area contributed by atoms with Crippen LogP contribution in [0.15, 0.2) is 55.4 Å². The van der Waals surface area contributed by atoms with Gasteiger partial charge in [0.1, 0.15) is 0 Å². The highest BCUT2D eigenvalue weighted by atomic mass is 31.0. The van der Waals surface area contributed by atoms with Gasteiger partial charge in [0.25, 0.3) is 0 Å². The van der Waals surface area contributed by atoms with Crippen LogP contribution in [0.3, 0.4) is 0 Å². The Morgan fingerprint density at radius 2 is 1.76 bits per heavy atom. The fourth-order valence-corrected chi connectivity index (χ4v) is 2.92. The number of aryl methyl sites for hydroxylation is 1. The van der Waals surface area contributed by atoms with Crippen molar-refractivity contribution in [3.8, 4) is 11.4 Å². The molecule has 7 heteroatoms. The molecule has 0 fully saturated rings. The molecule has 1 aromatic carbocycles. The van der Waals surface area contributed by atoms with Crippen LogP contribution in [0.4, 0.5) is 5.69 Å². The summed E-state index contributed by atoms with van der Waals surface area (Å²) in [5.74, 6) is 0. The maximum Gasteiger partial charge on any atom is 0.159 e. The van der Waals surface area contributed by atoms with E-state index in [1.165, 1.54) is 5.56 Å². The van der Waals surface area contributed by atoms with Crippen molar-refractivity contribution < 1.29 is 0 Å². The molecule has 0 spiro atoms. The van der Waals surface area contributed by atoms with Gasteiger partial charge in [0, 0.05) is 38.6 Å². The quantitative estimate of drug-likeness (QED) is 0.486. The van der Waals surface area contributed by atoms with Crippen molar-refractivity contribution in [2.75, 3.05) is 12.4 Å². The van der Waals surface area contributed by atoms with Crippen LogP contribution >= 0.6 is 9.90 Å². The van der Waals surface area contributed by atoms with Gasteiger partial charge in [-0.05, 0) is 17.7 Å². The van der Waals surface area contributed by atoms with Crippen molar-refractivity contribution in [3.05, 3.63) is 66.6 Å². The van der Waals surface area contributed by atoms with Crippen molar-refractivity contribution in [3.63, 3.8) is 0 Å². The molecule has 156 valence electrons. The number of hydrogen-bond acceptors (Lipinski definition) is 4. The maximum absolute atomic E-state index is 4.60. The highest BCUT2D eigenvalue weighted by Crippen LogP contribution is 2.22. The van der Waals surface area contributed by atoms with Gasteiger partial charge in [-0.3, -0.25) is 9.38 Å². The van der Waals surface area contributed by atoms with Crippen molar-refractivity contribution in [2.45, 2.75) is 34.1 Å². The highest BCUT2D eigenvalue weighted by Gasteiger charge is 2.13. The van der Waals surface area contributed by atoms with Crippen LogP contribution in [0, 0.1) is 0 Å². The average molecular weight is 413 g/mol. The minimum atomic E-state index is 0. The number of fused-ring (bicyclic) bond motifs is 1. The summed E-state index contributed by atoms with van der Waals surface area (Å²) >= 11 is 0. The maximum atomic E-state index is 4.60. The third kappa shape index (κ3) is 5.42. The second-order valence-corrected chi connectivity index (χ2v) is 5.73. The highest BCUT2D eigenvalue weighted by molar-refractivity contribution is 6.92. The third-order valence-electron chi connectivity index (χ3n) is 4.17. The lowest BCUT2D eigenvalue weighted by atomic mass is 10.1. The minimum Gasteiger partial charge on any atom is -0.388 e. The molecule has 0 bridgehead atoms. The van der Waals surface area contributed by atoms with Gasteiger partial charge in [-0.1, -0.05) is 39.8 Å². The molecule has 4 aromatic rings. The molecule has 0 aliphatic carbocycles. The van der Waals surface area contributed by atoms with Gasteiger partial charge in [-0.25, -0.2) is 9.97 Å². The fraction of sp³-hybridized carbons (Fsp3) is 0.318. The van der Waals surface area contributed by atoms with Crippen LogP contribution in [0.1, 0.15) is 39.0 Å². The van der Waals surface area contributed by atoms with Crippen molar-refractivity contribution in [2.24, 2.45) is 7.05 Å². The van der Waals surface area contributed by atoms with E-state index in [4.69, 9.17) is 0 Å².